The van der Waals surface area contributed by atoms with Gasteiger partial charge in [0.15, 0.2) is 18.2 Å². The second-order valence-corrected chi connectivity index (χ2v) is 6.01. The molecule has 1 heterocycles. The van der Waals surface area contributed by atoms with Gasteiger partial charge in [-0.25, -0.2) is 0 Å². The Kier molecular flexibility index (Phi) is 7.52. The molecule has 3 rings (SSSR count). The Labute approximate surface area is 164 Å². The summed E-state index contributed by atoms with van der Waals surface area (Å²) >= 11 is 0. The minimum atomic E-state index is -0.0163. The molecule has 0 aliphatic rings. The number of hydrogen-bond donors (Lipinski definition) is 1. The van der Waals surface area contributed by atoms with Crippen LogP contribution < -0.4 is 10.1 Å². The number of halogens is 1. The van der Waals surface area contributed by atoms with Gasteiger partial charge in [-0.2, -0.15) is 4.98 Å². The topological polar surface area (TPSA) is 77.3 Å². The van der Waals surface area contributed by atoms with Gasteiger partial charge in [0.1, 0.15) is 5.75 Å². The van der Waals surface area contributed by atoms with Gasteiger partial charge < -0.3 is 14.6 Å². The maximum atomic E-state index is 12.4. The fraction of sp³-hybridized carbons (Fsp3) is 0.250. The van der Waals surface area contributed by atoms with Crippen molar-refractivity contribution in [3.63, 3.8) is 0 Å². The number of carbonyl (C=O) groups excluding carboxylic acids is 1. The largest absolute Gasteiger partial charge is 0.484 e. The molecule has 6 nitrogen and oxygen atoms in total. The molecule has 142 valence electrons. The molecule has 3 aromatic rings. The van der Waals surface area contributed by atoms with Crippen LogP contribution in [0.2, 0.25) is 0 Å². The van der Waals surface area contributed by atoms with Gasteiger partial charge >= 0.3 is 0 Å². The second kappa shape index (κ2) is 9.85. The van der Waals surface area contributed by atoms with E-state index in [1.165, 1.54) is 0 Å². The highest BCUT2D eigenvalue weighted by molar-refractivity contribution is 6.08. The zero-order valence-corrected chi connectivity index (χ0v) is 16.0. The van der Waals surface area contributed by atoms with E-state index >= 15 is 0 Å². The maximum absolute atomic E-state index is 12.4. The van der Waals surface area contributed by atoms with Gasteiger partial charge in [0.25, 0.3) is 5.89 Å². The Morgan fingerprint density at radius 3 is 2.44 bits per heavy atom. The molecule has 27 heavy (non-hydrogen) atoms. The summed E-state index contributed by atoms with van der Waals surface area (Å²) in [4.78, 5) is 16.7. The SMILES string of the molecule is CNC(C)Cc1noc(COc2ccc(C(=O)c3ccccc3)cc2)n1.Cl. The summed E-state index contributed by atoms with van der Waals surface area (Å²) < 4.78 is 10.8. The molecule has 2 aromatic carbocycles. The zero-order valence-electron chi connectivity index (χ0n) is 15.2. The first-order valence-corrected chi connectivity index (χ1v) is 8.47. The van der Waals surface area contributed by atoms with E-state index in [-0.39, 0.29) is 30.8 Å². The number of benzene rings is 2. The van der Waals surface area contributed by atoms with Crippen LogP contribution in [0.1, 0.15) is 34.6 Å². The summed E-state index contributed by atoms with van der Waals surface area (Å²) in [5.41, 5.74) is 1.28. The smallest absolute Gasteiger partial charge is 0.264 e. The molecular formula is C20H22ClN3O3. The molecule has 0 saturated carbocycles. The molecule has 1 atom stereocenters. The first kappa shape index (κ1) is 20.6. The van der Waals surface area contributed by atoms with Crippen LogP contribution in [0.25, 0.3) is 0 Å². The van der Waals surface area contributed by atoms with Crippen LogP contribution in [-0.4, -0.2) is 29.0 Å². The molecule has 1 unspecified atom stereocenters. The minimum Gasteiger partial charge on any atom is -0.484 e. The molecule has 0 bridgehead atoms. The van der Waals surface area contributed by atoms with Gasteiger partial charge in [-0.3, -0.25) is 4.79 Å². The van der Waals surface area contributed by atoms with E-state index in [0.29, 0.717) is 35.0 Å². The van der Waals surface area contributed by atoms with Gasteiger partial charge in [0.05, 0.1) is 0 Å². The average molecular weight is 388 g/mol. The van der Waals surface area contributed by atoms with Crippen molar-refractivity contribution in [2.75, 3.05) is 7.05 Å². The standard InChI is InChI=1S/C20H21N3O3.ClH/c1-14(21-2)12-18-22-19(26-23-18)13-25-17-10-8-16(9-11-17)20(24)15-6-4-3-5-7-15;/h3-11,14,21H,12-13H2,1-2H3;1H. The molecule has 0 radical (unpaired) electrons. The van der Waals surface area contributed by atoms with Crippen molar-refractivity contribution >= 4 is 18.2 Å². The van der Waals surface area contributed by atoms with Gasteiger partial charge in [0.2, 0.25) is 0 Å². The highest BCUT2D eigenvalue weighted by atomic mass is 35.5. The number of aromatic nitrogens is 2. The van der Waals surface area contributed by atoms with Crippen LogP contribution in [0.3, 0.4) is 0 Å². The van der Waals surface area contributed by atoms with Gasteiger partial charge in [-0.05, 0) is 38.2 Å². The number of nitrogens with zero attached hydrogens (tertiary/aromatic N) is 2. The van der Waals surface area contributed by atoms with E-state index in [9.17, 15) is 4.79 Å². The Balaban J connectivity index is 0.00000261. The molecule has 1 aromatic heterocycles. The zero-order chi connectivity index (χ0) is 18.4. The van der Waals surface area contributed by atoms with E-state index in [4.69, 9.17) is 9.26 Å². The Bertz CT molecular complexity index is 850. The molecule has 0 aliphatic carbocycles. The van der Waals surface area contributed by atoms with E-state index in [2.05, 4.69) is 15.5 Å². The lowest BCUT2D eigenvalue weighted by Crippen LogP contribution is -2.24. The predicted molar refractivity (Wildman–Crippen MR) is 104 cm³/mol. The first-order chi connectivity index (χ1) is 12.7. The summed E-state index contributed by atoms with van der Waals surface area (Å²) in [5.74, 6) is 1.69. The van der Waals surface area contributed by atoms with Crippen molar-refractivity contribution in [1.29, 1.82) is 0 Å². The van der Waals surface area contributed by atoms with Crippen molar-refractivity contribution in [1.82, 2.24) is 15.5 Å². The number of nitrogens with one attached hydrogen (secondary N) is 1. The van der Waals surface area contributed by atoms with Gasteiger partial charge in [0, 0.05) is 23.6 Å². The number of ketones is 1. The monoisotopic (exact) mass is 387 g/mol. The molecule has 1 N–H and O–H groups in total. The third kappa shape index (κ3) is 5.64. The van der Waals surface area contributed by atoms with Crippen LogP contribution in [0.4, 0.5) is 0 Å². The summed E-state index contributed by atoms with van der Waals surface area (Å²) in [6.07, 6.45) is 0.691. The summed E-state index contributed by atoms with van der Waals surface area (Å²) in [6, 6.07) is 16.5. The van der Waals surface area contributed by atoms with E-state index in [0.717, 1.165) is 0 Å². The van der Waals surface area contributed by atoms with Crippen molar-refractivity contribution in [3.05, 3.63) is 77.4 Å². The summed E-state index contributed by atoms with van der Waals surface area (Å²) in [6.45, 7) is 2.23. The lowest BCUT2D eigenvalue weighted by Gasteiger charge is -2.05. The molecule has 0 fully saturated rings. The number of carbonyl (C=O) groups is 1. The van der Waals surface area contributed by atoms with Gasteiger partial charge in [-0.15, -0.1) is 12.4 Å². The molecule has 0 spiro atoms. The molecular weight excluding hydrogens is 366 g/mol. The summed E-state index contributed by atoms with van der Waals surface area (Å²) in [7, 11) is 1.89. The number of hydrogen-bond acceptors (Lipinski definition) is 6. The molecule has 7 heteroatoms. The quantitative estimate of drug-likeness (QED) is 0.596. The maximum Gasteiger partial charge on any atom is 0.264 e. The van der Waals surface area contributed by atoms with Gasteiger partial charge in [-0.1, -0.05) is 35.5 Å². The van der Waals surface area contributed by atoms with Crippen molar-refractivity contribution in [2.24, 2.45) is 0 Å². The van der Waals surface area contributed by atoms with E-state index in [1.807, 2.05) is 32.2 Å². The predicted octanol–water partition coefficient (Wildman–Crippen LogP) is 3.45. The van der Waals surface area contributed by atoms with Crippen LogP contribution >= 0.6 is 12.4 Å². The fourth-order valence-corrected chi connectivity index (χ4v) is 2.41. The van der Waals surface area contributed by atoms with Crippen LogP contribution in [0, 0.1) is 0 Å². The van der Waals surface area contributed by atoms with E-state index in [1.54, 1.807) is 36.4 Å². The summed E-state index contributed by atoms with van der Waals surface area (Å²) in [5, 5.41) is 7.06. The van der Waals surface area contributed by atoms with Crippen molar-refractivity contribution < 1.29 is 14.1 Å². The van der Waals surface area contributed by atoms with E-state index < -0.39 is 0 Å². The number of likely N-dealkylation sites (N-methyl/N-ethyl adjacent to an activating group) is 1. The number of rotatable bonds is 8. The highest BCUT2D eigenvalue weighted by Gasteiger charge is 2.11. The molecule has 0 amide bonds. The van der Waals surface area contributed by atoms with Crippen molar-refractivity contribution in [3.8, 4) is 5.75 Å². The third-order valence-corrected chi connectivity index (χ3v) is 4.01. The third-order valence-electron chi connectivity index (χ3n) is 4.01. The van der Waals surface area contributed by atoms with Crippen LogP contribution in [-0.2, 0) is 13.0 Å². The Morgan fingerprint density at radius 2 is 1.78 bits per heavy atom. The normalized spacial score (nSPS) is 11.5. The fourth-order valence-electron chi connectivity index (χ4n) is 2.41. The highest BCUT2D eigenvalue weighted by Crippen LogP contribution is 2.16. The first-order valence-electron chi connectivity index (χ1n) is 8.47. The Morgan fingerprint density at radius 1 is 1.11 bits per heavy atom. The Hall–Kier alpha value is -2.70. The lowest BCUT2D eigenvalue weighted by molar-refractivity contribution is 0.103. The lowest BCUT2D eigenvalue weighted by atomic mass is 10.0. The van der Waals surface area contributed by atoms with Crippen molar-refractivity contribution in [2.45, 2.75) is 26.0 Å². The second-order valence-electron chi connectivity index (χ2n) is 6.01. The van der Waals surface area contributed by atoms with Crippen LogP contribution in [0.15, 0.2) is 59.1 Å². The average Bonchev–Trinajstić information content (AvgIpc) is 3.14. The molecule has 0 aliphatic heterocycles. The van der Waals surface area contributed by atoms with Crippen LogP contribution in [0.5, 0.6) is 5.75 Å². The molecule has 0 saturated heterocycles. The minimum absolute atomic E-state index is 0. The number of ether oxygens (including phenoxy) is 1.